The van der Waals surface area contributed by atoms with Gasteiger partial charge in [0.05, 0.1) is 21.3 Å². The number of thiazole rings is 1. The van der Waals surface area contributed by atoms with Crippen LogP contribution >= 0.6 is 11.3 Å². The molecule has 1 aliphatic rings. The van der Waals surface area contributed by atoms with Crippen LogP contribution in [0.1, 0.15) is 26.7 Å². The first-order chi connectivity index (χ1) is 17.8. The summed E-state index contributed by atoms with van der Waals surface area (Å²) in [5, 5.41) is 10.0. The van der Waals surface area contributed by atoms with Crippen LogP contribution in [0.3, 0.4) is 0 Å². The number of benzene rings is 1. The number of nitrogens with zero attached hydrogens (tertiary/aromatic N) is 6. The van der Waals surface area contributed by atoms with E-state index in [9.17, 15) is 14.7 Å². The highest BCUT2D eigenvalue weighted by atomic mass is 32.1. The Morgan fingerprint density at radius 2 is 1.86 bits per heavy atom. The number of carbonyl (C=O) groups is 2. The predicted octanol–water partition coefficient (Wildman–Crippen LogP) is 4.41. The minimum Gasteiger partial charge on any atom is -0.481 e. The minimum atomic E-state index is -0.759. The van der Waals surface area contributed by atoms with Crippen LogP contribution in [0, 0.1) is 5.41 Å². The zero-order valence-corrected chi connectivity index (χ0v) is 21.4. The molecule has 1 fully saturated rings. The van der Waals surface area contributed by atoms with Crippen molar-refractivity contribution in [2.45, 2.75) is 26.7 Å². The van der Waals surface area contributed by atoms with Gasteiger partial charge in [0.2, 0.25) is 5.95 Å². The number of anilines is 2. The van der Waals surface area contributed by atoms with Crippen LogP contribution in [0.2, 0.25) is 0 Å². The summed E-state index contributed by atoms with van der Waals surface area (Å²) >= 11 is 1.40. The lowest BCUT2D eigenvalue weighted by Crippen LogP contribution is -2.43. The second-order valence-corrected chi connectivity index (χ2v) is 10.3. The van der Waals surface area contributed by atoms with Gasteiger partial charge in [0, 0.05) is 49.4 Å². The number of hydrogen-bond donors (Lipinski definition) is 2. The molecule has 4 aromatic rings. The molecular formula is C26H27N7O3S. The van der Waals surface area contributed by atoms with Gasteiger partial charge in [-0.25, -0.2) is 19.7 Å². The summed E-state index contributed by atoms with van der Waals surface area (Å²) in [4.78, 5) is 45.4. The maximum absolute atomic E-state index is 11.9. The van der Waals surface area contributed by atoms with Crippen LogP contribution in [0.5, 0.6) is 0 Å². The normalized spacial score (nSPS) is 15.0. The van der Waals surface area contributed by atoms with Crippen molar-refractivity contribution in [2.75, 3.05) is 29.4 Å². The van der Waals surface area contributed by atoms with Gasteiger partial charge in [0.1, 0.15) is 0 Å². The molecule has 0 atom stereocenters. The predicted molar refractivity (Wildman–Crippen MR) is 144 cm³/mol. The quantitative estimate of drug-likeness (QED) is 0.383. The molecule has 37 heavy (non-hydrogen) atoms. The lowest BCUT2D eigenvalue weighted by molar-refractivity contribution is -0.149. The number of carboxylic acids is 1. The van der Waals surface area contributed by atoms with Crippen molar-refractivity contribution in [1.82, 2.24) is 19.9 Å². The third-order valence-corrected chi connectivity index (χ3v) is 8.00. The summed E-state index contributed by atoms with van der Waals surface area (Å²) in [6.45, 7) is 5.24. The second-order valence-electron chi connectivity index (χ2n) is 9.29. The molecule has 4 heterocycles. The molecule has 1 aliphatic heterocycles. The number of aliphatic carboxylic acids is 1. The molecule has 0 bridgehead atoms. The van der Waals surface area contributed by atoms with Gasteiger partial charge in [0.15, 0.2) is 5.13 Å². The monoisotopic (exact) mass is 517 g/mol. The van der Waals surface area contributed by atoms with Crippen molar-refractivity contribution in [3.8, 4) is 22.4 Å². The van der Waals surface area contributed by atoms with Crippen LogP contribution < -0.4 is 15.5 Å². The van der Waals surface area contributed by atoms with Gasteiger partial charge in [-0.05, 0) is 56.5 Å². The van der Waals surface area contributed by atoms with Crippen molar-refractivity contribution < 1.29 is 14.7 Å². The molecule has 5 rings (SSSR count). The van der Waals surface area contributed by atoms with Crippen LogP contribution in [0.15, 0.2) is 48.9 Å². The highest BCUT2D eigenvalue weighted by molar-refractivity contribution is 7.23. The van der Waals surface area contributed by atoms with Gasteiger partial charge >= 0.3 is 12.0 Å². The molecule has 11 heteroatoms. The van der Waals surface area contributed by atoms with Crippen molar-refractivity contribution in [1.29, 1.82) is 0 Å². The number of urea groups is 1. The summed E-state index contributed by atoms with van der Waals surface area (Å²) in [6.07, 6.45) is 6.37. The molecule has 0 unspecified atom stereocenters. The first-order valence-electron chi connectivity index (χ1n) is 12.0. The Bertz CT molecular complexity index is 1450. The molecule has 190 valence electrons. The van der Waals surface area contributed by atoms with E-state index in [2.05, 4.69) is 15.0 Å². The Balaban J connectivity index is 1.50. The number of primary amides is 1. The van der Waals surface area contributed by atoms with Gasteiger partial charge in [-0.3, -0.25) is 14.7 Å². The van der Waals surface area contributed by atoms with E-state index in [0.29, 0.717) is 43.6 Å². The molecule has 3 aromatic heterocycles. The molecule has 2 amide bonds. The fourth-order valence-electron chi connectivity index (χ4n) is 4.45. The Kier molecular flexibility index (Phi) is 6.46. The van der Waals surface area contributed by atoms with Crippen molar-refractivity contribution in [2.24, 2.45) is 11.1 Å². The molecule has 0 spiro atoms. The number of nitrogens with two attached hydrogens (primary N) is 1. The van der Waals surface area contributed by atoms with E-state index in [1.54, 1.807) is 25.5 Å². The second kappa shape index (κ2) is 9.74. The molecule has 1 aromatic carbocycles. The number of aromatic nitrogens is 4. The number of fused-ring (bicyclic) bond motifs is 1. The maximum Gasteiger partial charge on any atom is 0.321 e. The zero-order valence-electron chi connectivity index (χ0n) is 20.6. The molecular weight excluding hydrogens is 490 g/mol. The summed E-state index contributed by atoms with van der Waals surface area (Å²) in [7, 11) is 0. The molecule has 3 N–H and O–H groups in total. The Hall–Kier alpha value is -4.12. The molecule has 0 aliphatic carbocycles. The van der Waals surface area contributed by atoms with E-state index < -0.39 is 17.4 Å². The Morgan fingerprint density at radius 1 is 1.14 bits per heavy atom. The number of rotatable bonds is 6. The first kappa shape index (κ1) is 24.6. The summed E-state index contributed by atoms with van der Waals surface area (Å²) in [5.74, 6) is -0.177. The summed E-state index contributed by atoms with van der Waals surface area (Å²) in [6, 6.07) is 9.16. The SMILES string of the molecule is CCN(C(N)=O)c1nc2cc(-c3cnc(N4CCC(C)(C(=O)O)CC4)nc3)cc(-c3ccccn3)c2s1. The van der Waals surface area contributed by atoms with Crippen LogP contribution in [-0.4, -0.2) is 56.7 Å². The molecule has 10 nitrogen and oxygen atoms in total. The van der Waals surface area contributed by atoms with Gasteiger partial charge in [0.25, 0.3) is 0 Å². The van der Waals surface area contributed by atoms with Gasteiger partial charge in [-0.1, -0.05) is 17.4 Å². The van der Waals surface area contributed by atoms with E-state index in [4.69, 9.17) is 10.7 Å². The zero-order chi connectivity index (χ0) is 26.2. The number of hydrogen-bond acceptors (Lipinski definition) is 8. The first-order valence-corrected chi connectivity index (χ1v) is 12.8. The third kappa shape index (κ3) is 4.69. The lowest BCUT2D eigenvalue weighted by Gasteiger charge is -2.36. The molecule has 0 radical (unpaired) electrons. The molecule has 0 saturated carbocycles. The maximum atomic E-state index is 11.9. The summed E-state index contributed by atoms with van der Waals surface area (Å²) in [5.41, 5.74) is 8.96. The van der Waals surface area contributed by atoms with E-state index in [-0.39, 0.29) is 0 Å². The average molecular weight is 518 g/mol. The number of pyridine rings is 1. The van der Waals surface area contributed by atoms with E-state index in [0.717, 1.165) is 32.6 Å². The third-order valence-electron chi connectivity index (χ3n) is 6.87. The lowest BCUT2D eigenvalue weighted by atomic mass is 9.80. The summed E-state index contributed by atoms with van der Waals surface area (Å²) < 4.78 is 0.907. The van der Waals surface area contributed by atoms with E-state index in [1.807, 2.05) is 42.2 Å². The van der Waals surface area contributed by atoms with Crippen LogP contribution in [-0.2, 0) is 4.79 Å². The van der Waals surface area contributed by atoms with Crippen molar-refractivity contribution >= 4 is 44.6 Å². The standard InChI is InChI=1S/C26H27N7O3S/c1-3-33(23(27)36)25-31-20-13-16(12-18(21(20)37-25)19-6-4-5-9-28-19)17-14-29-24(30-15-17)32-10-7-26(2,8-11-32)22(34)35/h4-6,9,12-15H,3,7-8,10-11H2,1-2H3,(H2,27,36)(H,34,35). The average Bonchev–Trinajstić information content (AvgIpc) is 3.33. The topological polar surface area (TPSA) is 138 Å². The van der Waals surface area contributed by atoms with Gasteiger partial charge in [-0.15, -0.1) is 0 Å². The van der Waals surface area contributed by atoms with Crippen LogP contribution in [0.25, 0.3) is 32.6 Å². The highest BCUT2D eigenvalue weighted by Crippen LogP contribution is 2.39. The van der Waals surface area contributed by atoms with Crippen LogP contribution in [0.4, 0.5) is 15.9 Å². The molecule has 1 saturated heterocycles. The number of carbonyl (C=O) groups excluding carboxylic acids is 1. The Labute approximate surface area is 217 Å². The fourth-order valence-corrected chi connectivity index (χ4v) is 5.59. The Morgan fingerprint density at radius 3 is 2.46 bits per heavy atom. The number of amides is 2. The van der Waals surface area contributed by atoms with E-state index in [1.165, 1.54) is 16.2 Å². The van der Waals surface area contributed by atoms with E-state index >= 15 is 0 Å². The van der Waals surface area contributed by atoms with Gasteiger partial charge in [-0.2, -0.15) is 0 Å². The van der Waals surface area contributed by atoms with Crippen molar-refractivity contribution in [3.05, 3.63) is 48.9 Å². The minimum absolute atomic E-state index is 0.415. The number of carboxylic acid groups (broad SMARTS) is 1. The van der Waals surface area contributed by atoms with Crippen molar-refractivity contribution in [3.63, 3.8) is 0 Å². The number of piperidine rings is 1. The fraction of sp³-hybridized carbons (Fsp3) is 0.308. The highest BCUT2D eigenvalue weighted by Gasteiger charge is 2.37. The largest absolute Gasteiger partial charge is 0.481 e. The van der Waals surface area contributed by atoms with Gasteiger partial charge < -0.3 is 15.7 Å². The smallest absolute Gasteiger partial charge is 0.321 e.